The van der Waals surface area contributed by atoms with Crippen molar-refractivity contribution in [3.63, 3.8) is 0 Å². The molecule has 2 rings (SSSR count). The summed E-state index contributed by atoms with van der Waals surface area (Å²) in [5.41, 5.74) is 0.920. The molecule has 1 heterocycles. The first kappa shape index (κ1) is 18.2. The summed E-state index contributed by atoms with van der Waals surface area (Å²) < 4.78 is 13.1. The molecule has 1 amide bonds. The molecule has 6 heteroatoms. The minimum absolute atomic E-state index is 0.0399. The van der Waals surface area contributed by atoms with Crippen LogP contribution in [0.3, 0.4) is 0 Å². The topological polar surface area (TPSA) is 44.4 Å². The fourth-order valence-electron chi connectivity index (χ4n) is 2.95. The molecule has 0 radical (unpaired) electrons. The van der Waals surface area contributed by atoms with E-state index in [2.05, 4.69) is 15.5 Å². The largest absolute Gasteiger partial charge is 0.352 e. The van der Waals surface area contributed by atoms with Crippen LogP contribution in [-0.2, 0) is 11.3 Å². The lowest BCUT2D eigenvalue weighted by molar-refractivity contribution is -0.125. The van der Waals surface area contributed by atoms with Crippen LogP contribution in [0.25, 0.3) is 0 Å². The second-order valence-corrected chi connectivity index (χ2v) is 6.68. The number of carbonyl (C=O) groups excluding carboxylic acids is 1. The zero-order valence-electron chi connectivity index (χ0n) is 13.7. The number of carbonyl (C=O) groups is 1. The first-order valence-electron chi connectivity index (χ1n) is 8.11. The van der Waals surface area contributed by atoms with Crippen molar-refractivity contribution in [3.05, 3.63) is 34.6 Å². The van der Waals surface area contributed by atoms with Crippen molar-refractivity contribution >= 4 is 17.5 Å². The molecule has 0 saturated carbocycles. The lowest BCUT2D eigenvalue weighted by Crippen LogP contribution is -2.49. The van der Waals surface area contributed by atoms with Gasteiger partial charge in [-0.15, -0.1) is 0 Å². The van der Waals surface area contributed by atoms with E-state index < -0.39 is 0 Å². The third-order valence-electron chi connectivity index (χ3n) is 4.22. The first-order valence-corrected chi connectivity index (χ1v) is 8.48. The molecule has 1 aliphatic heterocycles. The summed E-state index contributed by atoms with van der Waals surface area (Å²) >= 11 is 6.10. The van der Waals surface area contributed by atoms with Crippen LogP contribution in [0.4, 0.5) is 4.39 Å². The lowest BCUT2D eigenvalue weighted by atomic mass is 10.0. The summed E-state index contributed by atoms with van der Waals surface area (Å²) in [5.74, 6) is -0.269. The van der Waals surface area contributed by atoms with Gasteiger partial charge in [0.05, 0.1) is 0 Å². The number of halogens is 2. The van der Waals surface area contributed by atoms with E-state index in [0.29, 0.717) is 18.1 Å². The number of benzene rings is 1. The third kappa shape index (κ3) is 5.44. The van der Waals surface area contributed by atoms with Crippen molar-refractivity contribution in [2.24, 2.45) is 5.92 Å². The summed E-state index contributed by atoms with van der Waals surface area (Å²) in [5, 5.41) is 6.61. The molecule has 128 valence electrons. The van der Waals surface area contributed by atoms with E-state index in [1.165, 1.54) is 12.1 Å². The molecule has 1 aromatic carbocycles. The Hall–Kier alpha value is -1.17. The highest BCUT2D eigenvalue weighted by Crippen LogP contribution is 2.21. The molecule has 1 fully saturated rings. The van der Waals surface area contributed by atoms with Crippen molar-refractivity contribution in [3.8, 4) is 0 Å². The van der Waals surface area contributed by atoms with E-state index in [1.807, 2.05) is 14.0 Å². The van der Waals surface area contributed by atoms with Crippen LogP contribution in [0.5, 0.6) is 0 Å². The molecule has 4 nitrogen and oxygen atoms in total. The molecule has 0 aromatic heterocycles. The predicted octanol–water partition coefficient (Wildman–Crippen LogP) is 2.42. The van der Waals surface area contributed by atoms with E-state index in [0.717, 1.165) is 31.5 Å². The molecule has 0 spiro atoms. The first-order chi connectivity index (χ1) is 11.0. The molecule has 2 atom stereocenters. The van der Waals surface area contributed by atoms with Gasteiger partial charge in [0.2, 0.25) is 5.91 Å². The Morgan fingerprint density at radius 3 is 3.00 bits per heavy atom. The zero-order valence-corrected chi connectivity index (χ0v) is 14.5. The van der Waals surface area contributed by atoms with E-state index in [-0.39, 0.29) is 23.7 Å². The van der Waals surface area contributed by atoms with Gasteiger partial charge in [-0.1, -0.05) is 24.6 Å². The van der Waals surface area contributed by atoms with E-state index in [9.17, 15) is 9.18 Å². The number of rotatable bonds is 6. The monoisotopic (exact) mass is 341 g/mol. The number of piperidine rings is 1. The van der Waals surface area contributed by atoms with Crippen molar-refractivity contribution in [2.75, 3.05) is 26.7 Å². The average molecular weight is 342 g/mol. The van der Waals surface area contributed by atoms with Gasteiger partial charge in [-0.2, -0.15) is 0 Å². The highest BCUT2D eigenvalue weighted by Gasteiger charge is 2.23. The molecule has 0 bridgehead atoms. The molecule has 1 aliphatic rings. The third-order valence-corrected chi connectivity index (χ3v) is 4.57. The number of hydrogen-bond donors (Lipinski definition) is 2. The minimum Gasteiger partial charge on any atom is -0.352 e. The summed E-state index contributed by atoms with van der Waals surface area (Å²) in [7, 11) is 1.85. The highest BCUT2D eigenvalue weighted by molar-refractivity contribution is 6.31. The Balaban J connectivity index is 1.89. The van der Waals surface area contributed by atoms with Gasteiger partial charge in [0.15, 0.2) is 0 Å². The van der Waals surface area contributed by atoms with Crippen LogP contribution in [0.1, 0.15) is 25.3 Å². The number of likely N-dealkylation sites (tertiary alicyclic amines) is 1. The molecular formula is C17H25ClFN3O. The Morgan fingerprint density at radius 1 is 1.52 bits per heavy atom. The summed E-state index contributed by atoms with van der Waals surface area (Å²) in [6.07, 6.45) is 2.02. The van der Waals surface area contributed by atoms with Crippen LogP contribution in [0.15, 0.2) is 18.2 Å². The normalized spacial score (nSPS) is 20.3. The fraction of sp³-hybridized carbons (Fsp3) is 0.588. The maximum absolute atomic E-state index is 13.1. The molecule has 1 aromatic rings. The smallest absolute Gasteiger partial charge is 0.224 e. The quantitative estimate of drug-likeness (QED) is 0.835. The second-order valence-electron chi connectivity index (χ2n) is 6.28. The highest BCUT2D eigenvalue weighted by atomic mass is 35.5. The van der Waals surface area contributed by atoms with E-state index in [4.69, 9.17) is 11.6 Å². The molecule has 2 N–H and O–H groups in total. The number of amides is 1. The number of nitrogens with one attached hydrogen (secondary N) is 2. The van der Waals surface area contributed by atoms with E-state index in [1.54, 1.807) is 6.07 Å². The summed E-state index contributed by atoms with van der Waals surface area (Å²) in [6, 6.07) is 4.67. The van der Waals surface area contributed by atoms with Crippen molar-refractivity contribution in [1.29, 1.82) is 0 Å². The maximum atomic E-state index is 13.1. The zero-order chi connectivity index (χ0) is 16.8. The predicted molar refractivity (Wildman–Crippen MR) is 90.9 cm³/mol. The van der Waals surface area contributed by atoms with Gasteiger partial charge in [-0.3, -0.25) is 9.69 Å². The van der Waals surface area contributed by atoms with E-state index >= 15 is 0 Å². The van der Waals surface area contributed by atoms with Crippen molar-refractivity contribution in [1.82, 2.24) is 15.5 Å². The number of hydrogen-bond acceptors (Lipinski definition) is 3. The van der Waals surface area contributed by atoms with Gasteiger partial charge in [-0.05, 0) is 44.1 Å². The van der Waals surface area contributed by atoms with Crippen molar-refractivity contribution < 1.29 is 9.18 Å². The molecular weight excluding hydrogens is 317 g/mol. The second kappa shape index (κ2) is 8.62. The molecule has 0 aliphatic carbocycles. The van der Waals surface area contributed by atoms with Crippen LogP contribution in [-0.4, -0.2) is 43.5 Å². The summed E-state index contributed by atoms with van der Waals surface area (Å²) in [4.78, 5) is 14.4. The Morgan fingerprint density at radius 2 is 2.30 bits per heavy atom. The lowest BCUT2D eigenvalue weighted by Gasteiger charge is -2.33. The van der Waals surface area contributed by atoms with Gasteiger partial charge in [0, 0.05) is 36.6 Å². The van der Waals surface area contributed by atoms with Gasteiger partial charge >= 0.3 is 0 Å². The number of nitrogens with zero attached hydrogens (tertiary/aromatic N) is 1. The average Bonchev–Trinajstić information content (AvgIpc) is 2.51. The Labute approximate surface area is 142 Å². The SMILES string of the molecule is CNCC(C)C(=O)NC1CCCN(Cc2ccc(F)cc2Cl)C1. The van der Waals surface area contributed by atoms with Gasteiger partial charge in [0.1, 0.15) is 5.82 Å². The van der Waals surface area contributed by atoms with Gasteiger partial charge in [-0.25, -0.2) is 4.39 Å². The fourth-order valence-corrected chi connectivity index (χ4v) is 3.18. The van der Waals surface area contributed by atoms with Crippen molar-refractivity contribution in [2.45, 2.75) is 32.4 Å². The molecule has 2 unspecified atom stereocenters. The Bertz CT molecular complexity index is 541. The standard InChI is InChI=1S/C17H25ClFN3O/c1-12(9-20-2)17(23)21-15-4-3-7-22(11-15)10-13-5-6-14(19)8-16(13)18/h5-6,8,12,15,20H,3-4,7,9-11H2,1-2H3,(H,21,23). The van der Waals surface area contributed by atoms with Crippen LogP contribution in [0, 0.1) is 11.7 Å². The Kier molecular flexibility index (Phi) is 6.81. The van der Waals surface area contributed by atoms with Crippen LogP contribution < -0.4 is 10.6 Å². The van der Waals surface area contributed by atoms with Gasteiger partial charge in [0.25, 0.3) is 0 Å². The molecule has 1 saturated heterocycles. The molecule has 23 heavy (non-hydrogen) atoms. The maximum Gasteiger partial charge on any atom is 0.224 e. The summed E-state index contributed by atoms with van der Waals surface area (Å²) in [6.45, 7) is 5.04. The van der Waals surface area contributed by atoms with Crippen LogP contribution in [0.2, 0.25) is 5.02 Å². The minimum atomic E-state index is -0.318. The van der Waals surface area contributed by atoms with Gasteiger partial charge < -0.3 is 10.6 Å². The van der Waals surface area contributed by atoms with Crippen LogP contribution >= 0.6 is 11.6 Å².